The van der Waals surface area contributed by atoms with Crippen molar-refractivity contribution < 1.29 is 196 Å². The molecule has 0 aliphatic carbocycles. The van der Waals surface area contributed by atoms with Gasteiger partial charge in [-0.15, -0.1) is 101 Å². The van der Waals surface area contributed by atoms with Gasteiger partial charge in [-0.3, -0.25) is 0 Å². The fourth-order valence-electron chi connectivity index (χ4n) is 13.9. The van der Waals surface area contributed by atoms with Gasteiger partial charge in [-0.25, -0.2) is 66.8 Å². The van der Waals surface area contributed by atoms with Crippen LogP contribution in [0.1, 0.15) is 0 Å². The third-order valence-corrected chi connectivity index (χ3v) is 17.0. The van der Waals surface area contributed by atoms with E-state index in [0.717, 1.165) is 131 Å². The summed E-state index contributed by atoms with van der Waals surface area (Å²) in [5.41, 5.74) is 11.8. The van der Waals surface area contributed by atoms with Gasteiger partial charge in [0.1, 0.15) is 0 Å². The van der Waals surface area contributed by atoms with Crippen LogP contribution in [-0.4, -0.2) is 0 Å². The average molecular weight is 1500 g/mol. The van der Waals surface area contributed by atoms with E-state index in [4.69, 9.17) is 0 Å². The second-order valence-corrected chi connectivity index (χ2v) is 21.0. The molecule has 0 spiro atoms. The molecule has 19 aromatic carbocycles. The molecule has 0 fully saturated rings. The van der Waals surface area contributed by atoms with Crippen LogP contribution >= 0.6 is 0 Å². The molecular formula is C78H30Y6-12. The summed E-state index contributed by atoms with van der Waals surface area (Å²) < 4.78 is 0. The van der Waals surface area contributed by atoms with Crippen LogP contribution in [-0.2, 0) is 196 Å². The molecule has 0 atom stereocenters. The van der Waals surface area contributed by atoms with E-state index in [2.05, 4.69) is 182 Å². The Kier molecular flexibility index (Phi) is 16.1. The van der Waals surface area contributed by atoms with Gasteiger partial charge in [-0.05, 0) is 0 Å². The zero-order valence-corrected chi connectivity index (χ0v) is 61.8. The van der Waals surface area contributed by atoms with E-state index in [0.29, 0.717) is 0 Å². The molecule has 19 aromatic rings. The maximum absolute atomic E-state index is 4.15. The minimum absolute atomic E-state index is 0. The number of benzene rings is 19. The minimum Gasteiger partial charge on any atom is -0.210 e. The Labute approximate surface area is 636 Å². The maximum Gasteiger partial charge on any atom is 0 e. The Hall–Kier alpha value is -3.52. The van der Waals surface area contributed by atoms with E-state index in [9.17, 15) is 0 Å². The summed E-state index contributed by atoms with van der Waals surface area (Å²) in [7, 11) is 0. The van der Waals surface area contributed by atoms with Crippen molar-refractivity contribution >= 4 is 129 Å². The average Bonchev–Trinajstić information content (AvgIpc) is 0.649. The molecule has 6 heteroatoms. The first-order chi connectivity index (χ1) is 38.7. The molecule has 0 unspecified atom stereocenters. The van der Waals surface area contributed by atoms with Crippen LogP contribution in [0, 0.1) is 72.8 Å². The third-order valence-electron chi connectivity index (χ3n) is 17.0. The summed E-state index contributed by atoms with van der Waals surface area (Å²) in [5.74, 6) is 0. The van der Waals surface area contributed by atoms with Crippen molar-refractivity contribution in [2.45, 2.75) is 0 Å². The van der Waals surface area contributed by atoms with E-state index >= 15 is 0 Å². The van der Waals surface area contributed by atoms with Gasteiger partial charge < -0.3 is 0 Å². The zero-order chi connectivity index (χ0) is 50.5. The second kappa shape index (κ2) is 22.8. The van der Waals surface area contributed by atoms with Crippen LogP contribution in [0.15, 0.2) is 182 Å². The molecule has 0 aliphatic heterocycles. The molecule has 0 aliphatic rings. The summed E-state index contributed by atoms with van der Waals surface area (Å²) in [4.78, 5) is 0. The van der Waals surface area contributed by atoms with Crippen LogP contribution in [0.2, 0.25) is 0 Å². The van der Waals surface area contributed by atoms with Gasteiger partial charge in [0.15, 0.2) is 0 Å². The number of hydrogen-bond acceptors (Lipinski definition) is 0. The summed E-state index contributed by atoms with van der Waals surface area (Å²) in [6.45, 7) is 0. The van der Waals surface area contributed by atoms with Crippen LogP contribution in [0.5, 0.6) is 0 Å². The van der Waals surface area contributed by atoms with Crippen molar-refractivity contribution in [2.75, 3.05) is 0 Å². The van der Waals surface area contributed by atoms with Crippen LogP contribution in [0.25, 0.3) is 196 Å². The van der Waals surface area contributed by atoms with E-state index in [1.165, 1.54) is 64.6 Å². The monoisotopic (exact) mass is 1500 g/mol. The molecule has 372 valence electrons. The molecule has 0 bridgehead atoms. The first-order valence-electron chi connectivity index (χ1n) is 26.4. The van der Waals surface area contributed by atoms with Gasteiger partial charge >= 0.3 is 0 Å². The topological polar surface area (TPSA) is 0 Å². The van der Waals surface area contributed by atoms with Gasteiger partial charge in [-0.2, -0.15) is 251 Å². The van der Waals surface area contributed by atoms with Gasteiger partial charge in [0, 0.05) is 196 Å². The van der Waals surface area contributed by atoms with Crippen molar-refractivity contribution in [3.63, 3.8) is 0 Å². The molecule has 0 saturated heterocycles. The van der Waals surface area contributed by atoms with E-state index in [-0.39, 0.29) is 196 Å². The number of fused-ring (bicyclic) bond motifs is 6. The number of rotatable bonds is 6. The molecular weight excluding hydrogens is 1470 g/mol. The van der Waals surface area contributed by atoms with Gasteiger partial charge in [-0.1, -0.05) is 32.3 Å². The Morgan fingerprint density at radius 2 is 0.321 bits per heavy atom. The van der Waals surface area contributed by atoms with E-state index in [1.807, 2.05) is 72.8 Å². The number of hydrogen-bond donors (Lipinski definition) is 0. The molecule has 6 radical (unpaired) electrons. The Morgan fingerprint density at radius 1 is 0.167 bits per heavy atom. The third kappa shape index (κ3) is 8.43. The summed E-state index contributed by atoms with van der Waals surface area (Å²) in [5, 5.41) is 27.7. The van der Waals surface area contributed by atoms with Crippen LogP contribution in [0.3, 0.4) is 0 Å². The SMILES string of the molecule is [Y].[Y].[Y].[Y].[Y].[Y].[c-]1ccccc1-c1[c-]c2c3cc(-c4[c-]cccc4)[c-]c4c5cc(-c6[c-]cccc6)[c-]c6c7cc(-c8[c-]cccc8)[c-]c8c9cc(-c%10[c-]cccc%10)[c-]c%10c%11cc(-c%12[c-]cccc%12)[c-]c%12c(c1)c2c1c(c%12%11)c(c%109)c(c87)c(c65)c1c43. The molecule has 0 amide bonds. The Morgan fingerprint density at radius 3 is 0.452 bits per heavy atom. The molecule has 0 aromatic heterocycles. The summed E-state index contributed by atoms with van der Waals surface area (Å²) >= 11 is 0. The maximum atomic E-state index is 4.15. The molecule has 0 saturated carbocycles. The second-order valence-electron chi connectivity index (χ2n) is 21.0. The zero-order valence-electron chi connectivity index (χ0n) is 44.8. The van der Waals surface area contributed by atoms with Crippen molar-refractivity contribution in [1.82, 2.24) is 0 Å². The normalized spacial score (nSPS) is 11.7. The quantitative estimate of drug-likeness (QED) is 0.0884. The molecule has 84 heavy (non-hydrogen) atoms. The molecule has 0 N–H and O–H groups in total. The standard InChI is InChI=1S/C78H30.6Y/c1-7-19-43(20-8-1)49-31-55-57-33-50(44-21-9-2-10-22-44)35-59-61-37-52(46-25-13-4-14-26-46)39-63-65-41-54(48-29-17-6-18-30-48)42-66-64-40-53(47-27-15-5-16-28-47)38-62-60-36-51(45-23-11-3-12-24-45)34-58-56(32-49)67(55)73-74(68(57)59)76(70(61)63)78(72(65)66)77(71(62)64)75(73)69(58)60;;;;;;/h1-19,21,23,25,27,29,31,34-35,38-39,42H;;;;;;/q-12;;;;;;. The van der Waals surface area contributed by atoms with Crippen LogP contribution in [0.4, 0.5) is 0 Å². The fourth-order valence-corrected chi connectivity index (χ4v) is 13.9. The molecule has 0 nitrogen and oxygen atoms in total. The first-order valence-corrected chi connectivity index (χ1v) is 26.4. The fraction of sp³-hybridized carbons (Fsp3) is 0. The Bertz CT molecular complexity index is 4510. The van der Waals surface area contributed by atoms with E-state index in [1.54, 1.807) is 0 Å². The first kappa shape index (κ1) is 59.4. The van der Waals surface area contributed by atoms with Crippen molar-refractivity contribution in [3.05, 3.63) is 255 Å². The predicted molar refractivity (Wildman–Crippen MR) is 322 cm³/mol. The molecule has 0 heterocycles. The largest absolute Gasteiger partial charge is 0.210 e. The molecule has 19 rings (SSSR count). The summed E-state index contributed by atoms with van der Waals surface area (Å²) in [6, 6.07) is 110. The van der Waals surface area contributed by atoms with Gasteiger partial charge in [0.05, 0.1) is 0 Å². The van der Waals surface area contributed by atoms with E-state index < -0.39 is 0 Å². The van der Waals surface area contributed by atoms with Gasteiger partial charge in [0.25, 0.3) is 0 Å². The predicted octanol–water partition coefficient (Wildman–Crippen LogP) is 19.7. The van der Waals surface area contributed by atoms with Crippen molar-refractivity contribution in [1.29, 1.82) is 0 Å². The van der Waals surface area contributed by atoms with Crippen molar-refractivity contribution in [2.24, 2.45) is 0 Å². The van der Waals surface area contributed by atoms with Gasteiger partial charge in [0.2, 0.25) is 0 Å². The Balaban J connectivity index is 0.00000110. The summed E-state index contributed by atoms with van der Waals surface area (Å²) in [6.07, 6.45) is 0. The minimum atomic E-state index is 0. The van der Waals surface area contributed by atoms with Crippen molar-refractivity contribution in [3.8, 4) is 66.8 Å². The smallest absolute Gasteiger partial charge is 0 e. The van der Waals surface area contributed by atoms with Crippen LogP contribution < -0.4 is 0 Å².